The van der Waals surface area contributed by atoms with E-state index in [0.717, 1.165) is 25.9 Å². The maximum Gasteiger partial charge on any atom is 0.410 e. The summed E-state index contributed by atoms with van der Waals surface area (Å²) in [7, 11) is 0. The third kappa shape index (κ3) is 4.10. The smallest absolute Gasteiger partial charge is 0.410 e. The van der Waals surface area contributed by atoms with Gasteiger partial charge in [0.15, 0.2) is 0 Å². The highest BCUT2D eigenvalue weighted by Crippen LogP contribution is 2.41. The second-order valence-electron chi connectivity index (χ2n) is 8.15. The largest absolute Gasteiger partial charge is 0.444 e. The molecule has 1 amide bonds. The van der Waals surface area contributed by atoms with Crippen molar-refractivity contribution in [1.29, 1.82) is 0 Å². The molecule has 1 aromatic carbocycles. The minimum atomic E-state index is -0.435. The van der Waals surface area contributed by atoms with Crippen LogP contribution in [0.3, 0.4) is 0 Å². The molecule has 0 spiro atoms. The van der Waals surface area contributed by atoms with Crippen LogP contribution in [0.4, 0.5) is 4.79 Å². The van der Waals surface area contributed by atoms with Crippen LogP contribution in [0.25, 0.3) is 0 Å². The third-order valence-electron chi connectivity index (χ3n) is 5.10. The molecule has 3 unspecified atom stereocenters. The number of fused-ring (bicyclic) bond motifs is 1. The lowest BCUT2D eigenvalue weighted by Gasteiger charge is -2.32. The van der Waals surface area contributed by atoms with Crippen molar-refractivity contribution >= 4 is 6.09 Å². The van der Waals surface area contributed by atoms with Gasteiger partial charge in [-0.05, 0) is 51.5 Å². The summed E-state index contributed by atoms with van der Waals surface area (Å²) in [5, 5.41) is 3.53. The fourth-order valence-corrected chi connectivity index (χ4v) is 4.15. The Morgan fingerprint density at radius 2 is 2.00 bits per heavy atom. The predicted octanol–water partition coefficient (Wildman–Crippen LogP) is 3.95. The Morgan fingerprint density at radius 3 is 2.71 bits per heavy atom. The summed E-state index contributed by atoms with van der Waals surface area (Å²) in [4.78, 5) is 14.8. The van der Waals surface area contributed by atoms with Crippen molar-refractivity contribution in [3.05, 3.63) is 35.9 Å². The van der Waals surface area contributed by atoms with Gasteiger partial charge in [-0.1, -0.05) is 36.8 Å². The Morgan fingerprint density at radius 1 is 1.25 bits per heavy atom. The number of amides is 1. The summed E-state index contributed by atoms with van der Waals surface area (Å²) in [6, 6.07) is 11.0. The molecule has 1 heterocycles. The summed E-state index contributed by atoms with van der Waals surface area (Å²) in [5.41, 5.74) is 0.843. The monoisotopic (exact) mass is 330 g/mol. The number of carbonyl (C=O) groups excluding carboxylic acids is 1. The fraction of sp³-hybridized carbons (Fsp3) is 0.650. The van der Waals surface area contributed by atoms with E-state index in [1.807, 2.05) is 31.7 Å². The van der Waals surface area contributed by atoms with Gasteiger partial charge in [0.1, 0.15) is 5.60 Å². The molecule has 0 aromatic heterocycles. The number of likely N-dealkylation sites (tertiary alicyclic amines) is 1. The van der Waals surface area contributed by atoms with Gasteiger partial charge in [0.25, 0.3) is 0 Å². The van der Waals surface area contributed by atoms with E-state index in [9.17, 15) is 4.79 Å². The van der Waals surface area contributed by atoms with Crippen molar-refractivity contribution in [3.8, 4) is 0 Å². The van der Waals surface area contributed by atoms with E-state index in [0.29, 0.717) is 12.0 Å². The average molecular weight is 330 g/mol. The Bertz CT molecular complexity index is 553. The van der Waals surface area contributed by atoms with E-state index < -0.39 is 5.60 Å². The van der Waals surface area contributed by atoms with Gasteiger partial charge >= 0.3 is 6.09 Å². The molecule has 1 N–H and O–H groups in total. The molecule has 1 aromatic rings. The zero-order valence-corrected chi connectivity index (χ0v) is 15.1. The first kappa shape index (κ1) is 17.3. The van der Waals surface area contributed by atoms with Crippen molar-refractivity contribution in [2.75, 3.05) is 6.54 Å². The molecule has 3 rings (SSSR count). The Balaban J connectivity index is 1.61. The van der Waals surface area contributed by atoms with Crippen molar-refractivity contribution in [3.63, 3.8) is 0 Å². The third-order valence-corrected chi connectivity index (χ3v) is 5.10. The number of nitrogens with one attached hydrogen (secondary N) is 1. The number of nitrogens with zero attached hydrogens (tertiary/aromatic N) is 1. The van der Waals surface area contributed by atoms with Crippen molar-refractivity contribution in [2.45, 2.75) is 70.7 Å². The summed E-state index contributed by atoms with van der Waals surface area (Å²) in [6.07, 6.45) is 4.58. The summed E-state index contributed by atoms with van der Waals surface area (Å²) < 4.78 is 5.68. The van der Waals surface area contributed by atoms with Gasteiger partial charge in [-0.25, -0.2) is 4.79 Å². The summed E-state index contributed by atoms with van der Waals surface area (Å²) in [5.74, 6) is 0.654. The zero-order valence-electron chi connectivity index (χ0n) is 15.1. The lowest BCUT2D eigenvalue weighted by Crippen LogP contribution is -2.47. The summed E-state index contributed by atoms with van der Waals surface area (Å²) in [6.45, 7) is 7.50. The Labute approximate surface area is 145 Å². The highest BCUT2D eigenvalue weighted by molar-refractivity contribution is 5.69. The normalized spacial score (nSPS) is 26.5. The molecule has 1 aliphatic carbocycles. The van der Waals surface area contributed by atoms with Crippen molar-refractivity contribution in [2.24, 2.45) is 5.92 Å². The lowest BCUT2D eigenvalue weighted by molar-refractivity contribution is 0.0139. The van der Waals surface area contributed by atoms with Gasteiger partial charge in [0, 0.05) is 25.2 Å². The first-order valence-corrected chi connectivity index (χ1v) is 9.20. The zero-order chi connectivity index (χ0) is 17.2. The van der Waals surface area contributed by atoms with Crippen LogP contribution in [0.2, 0.25) is 0 Å². The van der Waals surface area contributed by atoms with Crippen LogP contribution in [-0.2, 0) is 11.3 Å². The quantitative estimate of drug-likeness (QED) is 0.909. The van der Waals surface area contributed by atoms with Crippen molar-refractivity contribution < 1.29 is 9.53 Å². The number of carbonyl (C=O) groups is 1. The fourth-order valence-electron chi connectivity index (χ4n) is 4.15. The molecular weight excluding hydrogens is 300 g/mol. The average Bonchev–Trinajstić information content (AvgIpc) is 3.06. The van der Waals surface area contributed by atoms with Gasteiger partial charge in [-0.2, -0.15) is 0 Å². The first-order chi connectivity index (χ1) is 11.4. The lowest BCUT2D eigenvalue weighted by atomic mass is 10.0. The second kappa shape index (κ2) is 7.14. The molecule has 1 saturated carbocycles. The van der Waals surface area contributed by atoms with Crippen LogP contribution in [0.5, 0.6) is 0 Å². The standard InChI is InChI=1S/C20H30N2O2/c1-20(2,3)24-19(23)22-17(12-16-10-7-11-18(16)22)14-21-13-15-8-5-4-6-9-15/h4-6,8-9,16-18,21H,7,10-14H2,1-3H3. The highest BCUT2D eigenvalue weighted by atomic mass is 16.6. The summed E-state index contributed by atoms with van der Waals surface area (Å²) >= 11 is 0. The molecule has 3 atom stereocenters. The Kier molecular flexibility index (Phi) is 5.14. The van der Waals surface area contributed by atoms with Gasteiger partial charge in [0.05, 0.1) is 0 Å². The van der Waals surface area contributed by atoms with Gasteiger partial charge in [-0.3, -0.25) is 0 Å². The van der Waals surface area contributed by atoms with E-state index >= 15 is 0 Å². The van der Waals surface area contributed by atoms with Crippen LogP contribution in [0, 0.1) is 5.92 Å². The van der Waals surface area contributed by atoms with Gasteiger partial charge < -0.3 is 15.0 Å². The molecule has 1 saturated heterocycles. The molecule has 4 nitrogen and oxygen atoms in total. The number of hydrogen-bond acceptors (Lipinski definition) is 3. The van der Waals surface area contributed by atoms with Crippen LogP contribution in [-0.4, -0.2) is 35.2 Å². The molecule has 4 heteroatoms. The van der Waals surface area contributed by atoms with E-state index in [1.54, 1.807) is 0 Å². The van der Waals surface area contributed by atoms with Crippen LogP contribution < -0.4 is 5.32 Å². The maximum atomic E-state index is 12.7. The van der Waals surface area contributed by atoms with Crippen LogP contribution >= 0.6 is 0 Å². The highest BCUT2D eigenvalue weighted by Gasteiger charge is 2.46. The molecule has 24 heavy (non-hydrogen) atoms. The number of hydrogen-bond donors (Lipinski definition) is 1. The molecule has 1 aliphatic heterocycles. The minimum absolute atomic E-state index is 0.136. The van der Waals surface area contributed by atoms with E-state index in [-0.39, 0.29) is 12.1 Å². The van der Waals surface area contributed by atoms with E-state index in [1.165, 1.54) is 18.4 Å². The second-order valence-corrected chi connectivity index (χ2v) is 8.15. The van der Waals surface area contributed by atoms with E-state index in [2.05, 4.69) is 29.6 Å². The Hall–Kier alpha value is -1.55. The van der Waals surface area contributed by atoms with Gasteiger partial charge in [0.2, 0.25) is 0 Å². The maximum absolute atomic E-state index is 12.7. The van der Waals surface area contributed by atoms with Gasteiger partial charge in [-0.15, -0.1) is 0 Å². The number of ether oxygens (including phenoxy) is 1. The minimum Gasteiger partial charge on any atom is -0.444 e. The van der Waals surface area contributed by atoms with E-state index in [4.69, 9.17) is 4.74 Å². The SMILES string of the molecule is CC(C)(C)OC(=O)N1C(CNCc2ccccc2)CC2CCCC21. The number of benzene rings is 1. The first-order valence-electron chi connectivity index (χ1n) is 9.20. The molecule has 2 aliphatic rings. The van der Waals surface area contributed by atoms with Crippen LogP contribution in [0.1, 0.15) is 52.0 Å². The molecule has 0 radical (unpaired) electrons. The number of rotatable bonds is 4. The van der Waals surface area contributed by atoms with Crippen molar-refractivity contribution in [1.82, 2.24) is 10.2 Å². The van der Waals surface area contributed by atoms with Crippen LogP contribution in [0.15, 0.2) is 30.3 Å². The molecule has 132 valence electrons. The molecule has 2 fully saturated rings. The predicted molar refractivity (Wildman–Crippen MR) is 95.8 cm³/mol. The molecular formula is C20H30N2O2. The molecule has 0 bridgehead atoms. The topological polar surface area (TPSA) is 41.6 Å².